The summed E-state index contributed by atoms with van der Waals surface area (Å²) in [5.41, 5.74) is 1.87. The molecule has 4 saturated carbocycles. The molecule has 4 aliphatic rings. The molecule has 1 aromatic carbocycles. The number of aliphatic hydroxyl groups excluding tert-OH is 1. The van der Waals surface area contributed by atoms with E-state index in [1.165, 1.54) is 12.8 Å². The predicted molar refractivity (Wildman–Crippen MR) is 123 cm³/mol. The molecule has 0 spiro atoms. The lowest BCUT2D eigenvalue weighted by Crippen LogP contribution is -2.54. The van der Waals surface area contributed by atoms with Gasteiger partial charge >= 0.3 is 0 Å². The molecule has 30 heavy (non-hydrogen) atoms. The van der Waals surface area contributed by atoms with Gasteiger partial charge in [0, 0.05) is 5.41 Å². The van der Waals surface area contributed by atoms with Gasteiger partial charge in [-0.1, -0.05) is 49.2 Å². The molecule has 162 valence electrons. The third-order valence-electron chi connectivity index (χ3n) is 9.59. The minimum atomic E-state index is -0.241. The van der Waals surface area contributed by atoms with Crippen molar-refractivity contribution in [1.82, 2.24) is 0 Å². The van der Waals surface area contributed by atoms with Crippen LogP contribution in [0, 0.1) is 34.5 Å². The number of hydrogen-bond acceptors (Lipinski definition) is 2. The minimum absolute atomic E-state index is 0.112. The molecule has 0 bridgehead atoms. The summed E-state index contributed by atoms with van der Waals surface area (Å²) in [5.74, 6) is 2.70. The normalized spacial score (nSPS) is 44.5. The maximum atomic E-state index is 13.6. The van der Waals surface area contributed by atoms with Crippen LogP contribution in [0.25, 0.3) is 6.08 Å². The predicted octanol–water partition coefficient (Wildman–Crippen LogP) is 6.96. The highest BCUT2D eigenvalue weighted by atomic mass is 35.5. The lowest BCUT2D eigenvalue weighted by molar-refractivity contribution is -0.141. The standard InChI is InChI=1S/C26H32Cl2O2/c1-25-10-8-18(29)14-17(25)6-7-19-20(25)9-11-26(2)21(19)13-16(24(26)30)12-15-4-3-5-22(27)23(15)28/h3-5,12,17-21,29H,6-11,13-14H2,1-2H3/b16-12+/t17-,18+,19-,20+,21+,25+,26+/m1/s1. The molecule has 7 atom stereocenters. The van der Waals surface area contributed by atoms with Gasteiger partial charge < -0.3 is 5.11 Å². The molecule has 1 N–H and O–H groups in total. The molecule has 0 unspecified atom stereocenters. The van der Waals surface area contributed by atoms with E-state index in [0.29, 0.717) is 44.9 Å². The number of hydrogen-bond donors (Lipinski definition) is 1. The van der Waals surface area contributed by atoms with Gasteiger partial charge in [0.2, 0.25) is 0 Å². The molecule has 1 aromatic rings. The van der Waals surface area contributed by atoms with Crippen LogP contribution in [-0.2, 0) is 4.79 Å². The zero-order chi connectivity index (χ0) is 21.3. The summed E-state index contributed by atoms with van der Waals surface area (Å²) in [6.45, 7) is 4.71. The first-order valence-electron chi connectivity index (χ1n) is 11.6. The van der Waals surface area contributed by atoms with Crippen LogP contribution < -0.4 is 0 Å². The fourth-order valence-electron chi connectivity index (χ4n) is 7.85. The minimum Gasteiger partial charge on any atom is -0.393 e. The number of carbonyl (C=O) groups excluding carboxylic acids is 1. The van der Waals surface area contributed by atoms with E-state index < -0.39 is 0 Å². The van der Waals surface area contributed by atoms with Crippen LogP contribution in [0.2, 0.25) is 10.0 Å². The summed E-state index contributed by atoms with van der Waals surface area (Å²) in [5, 5.41) is 11.3. The van der Waals surface area contributed by atoms with Crippen molar-refractivity contribution in [2.75, 3.05) is 0 Å². The van der Waals surface area contributed by atoms with Gasteiger partial charge in [-0.25, -0.2) is 0 Å². The highest BCUT2D eigenvalue weighted by Crippen LogP contribution is 2.66. The summed E-state index contributed by atoms with van der Waals surface area (Å²) < 4.78 is 0. The number of halogens is 2. The smallest absolute Gasteiger partial charge is 0.165 e. The molecule has 4 fully saturated rings. The summed E-state index contributed by atoms with van der Waals surface area (Å²) >= 11 is 12.6. The van der Waals surface area contributed by atoms with Crippen molar-refractivity contribution in [1.29, 1.82) is 0 Å². The van der Waals surface area contributed by atoms with E-state index in [9.17, 15) is 9.90 Å². The lowest BCUT2D eigenvalue weighted by Gasteiger charge is -2.59. The zero-order valence-electron chi connectivity index (χ0n) is 18.0. The Bertz CT molecular complexity index is 908. The van der Waals surface area contributed by atoms with E-state index >= 15 is 0 Å². The first-order valence-corrected chi connectivity index (χ1v) is 12.4. The summed E-state index contributed by atoms with van der Waals surface area (Å²) in [4.78, 5) is 13.6. The quantitative estimate of drug-likeness (QED) is 0.473. The lowest BCUT2D eigenvalue weighted by atomic mass is 9.45. The SMILES string of the molecule is C[C@]12CC[C@H](O)C[C@H]1CC[C@@H]1[C@@H]2CC[C@]2(C)C(=O)/C(=C/c3cccc(Cl)c3Cl)C[C@@H]12. The Morgan fingerprint density at radius 3 is 2.67 bits per heavy atom. The van der Waals surface area contributed by atoms with Crippen LogP contribution in [-0.4, -0.2) is 17.0 Å². The van der Waals surface area contributed by atoms with Gasteiger partial charge in [0.05, 0.1) is 16.1 Å². The molecule has 5 rings (SSSR count). The van der Waals surface area contributed by atoms with Crippen molar-refractivity contribution in [2.45, 2.75) is 71.3 Å². The Hall–Kier alpha value is -0.830. The van der Waals surface area contributed by atoms with Crippen molar-refractivity contribution >= 4 is 35.1 Å². The van der Waals surface area contributed by atoms with Crippen molar-refractivity contribution in [3.8, 4) is 0 Å². The van der Waals surface area contributed by atoms with E-state index in [2.05, 4.69) is 13.8 Å². The van der Waals surface area contributed by atoms with Crippen LogP contribution >= 0.6 is 23.2 Å². The Kier molecular flexibility index (Phi) is 5.16. The van der Waals surface area contributed by atoms with Crippen molar-refractivity contribution in [3.05, 3.63) is 39.4 Å². The number of aliphatic hydroxyl groups is 1. The number of ketones is 1. The second kappa shape index (κ2) is 7.36. The van der Waals surface area contributed by atoms with E-state index in [-0.39, 0.29) is 11.5 Å². The summed E-state index contributed by atoms with van der Waals surface area (Å²) in [7, 11) is 0. The van der Waals surface area contributed by atoms with E-state index in [1.54, 1.807) is 6.07 Å². The molecule has 0 radical (unpaired) electrons. The molecule has 0 saturated heterocycles. The Morgan fingerprint density at radius 1 is 1.07 bits per heavy atom. The fraction of sp³-hybridized carbons (Fsp3) is 0.654. The number of carbonyl (C=O) groups is 1. The molecular formula is C26H32Cl2O2. The van der Waals surface area contributed by atoms with Crippen LogP contribution in [0.3, 0.4) is 0 Å². The summed E-state index contributed by atoms with van der Waals surface area (Å²) in [6.07, 6.45) is 10.3. The van der Waals surface area contributed by atoms with Gasteiger partial charge in [-0.3, -0.25) is 4.79 Å². The van der Waals surface area contributed by atoms with E-state index in [1.807, 2.05) is 18.2 Å². The Labute approximate surface area is 190 Å². The number of benzene rings is 1. The Morgan fingerprint density at radius 2 is 1.87 bits per heavy atom. The number of Topliss-reactive ketones (excluding diaryl/α,β-unsaturated/α-hetero) is 1. The van der Waals surface area contributed by atoms with Gasteiger partial charge in [0.25, 0.3) is 0 Å². The molecule has 0 amide bonds. The number of rotatable bonds is 1. The van der Waals surface area contributed by atoms with Crippen LogP contribution in [0.5, 0.6) is 0 Å². The van der Waals surface area contributed by atoms with E-state index in [4.69, 9.17) is 23.2 Å². The fourth-order valence-corrected chi connectivity index (χ4v) is 8.22. The average Bonchev–Trinajstić information content (AvgIpc) is 2.97. The van der Waals surface area contributed by atoms with Crippen LogP contribution in [0.4, 0.5) is 0 Å². The van der Waals surface area contributed by atoms with Gasteiger partial charge in [-0.2, -0.15) is 0 Å². The Balaban J connectivity index is 1.46. The van der Waals surface area contributed by atoms with Crippen LogP contribution in [0.1, 0.15) is 70.8 Å². The van der Waals surface area contributed by atoms with Crippen LogP contribution in [0.15, 0.2) is 23.8 Å². The maximum absolute atomic E-state index is 13.6. The second-order valence-electron chi connectivity index (χ2n) is 10.9. The maximum Gasteiger partial charge on any atom is 0.165 e. The topological polar surface area (TPSA) is 37.3 Å². The van der Waals surface area contributed by atoms with Crippen molar-refractivity contribution < 1.29 is 9.90 Å². The van der Waals surface area contributed by atoms with Gasteiger partial charge in [0.15, 0.2) is 5.78 Å². The second-order valence-corrected chi connectivity index (χ2v) is 11.7. The molecule has 0 aromatic heterocycles. The first-order chi connectivity index (χ1) is 14.2. The van der Waals surface area contributed by atoms with Gasteiger partial charge in [-0.15, -0.1) is 0 Å². The van der Waals surface area contributed by atoms with Gasteiger partial charge in [0.1, 0.15) is 0 Å². The largest absolute Gasteiger partial charge is 0.393 e. The molecule has 2 nitrogen and oxygen atoms in total. The highest BCUT2D eigenvalue weighted by molar-refractivity contribution is 6.43. The highest BCUT2D eigenvalue weighted by Gasteiger charge is 2.61. The average molecular weight is 447 g/mol. The molecule has 4 heteroatoms. The van der Waals surface area contributed by atoms with E-state index in [0.717, 1.165) is 49.7 Å². The third-order valence-corrected chi connectivity index (χ3v) is 10.4. The molecule has 0 aliphatic heterocycles. The zero-order valence-corrected chi connectivity index (χ0v) is 19.5. The van der Waals surface area contributed by atoms with Gasteiger partial charge in [-0.05, 0) is 104 Å². The monoisotopic (exact) mass is 446 g/mol. The third kappa shape index (κ3) is 3.05. The number of fused-ring (bicyclic) bond motifs is 5. The van der Waals surface area contributed by atoms with Crippen molar-refractivity contribution in [2.24, 2.45) is 34.5 Å². The summed E-state index contributed by atoms with van der Waals surface area (Å²) in [6, 6.07) is 5.62. The number of allylic oxidation sites excluding steroid dienone is 1. The molecule has 0 heterocycles. The van der Waals surface area contributed by atoms with Crippen molar-refractivity contribution in [3.63, 3.8) is 0 Å². The first kappa shape index (κ1) is 21.0. The molecule has 4 aliphatic carbocycles. The molecular weight excluding hydrogens is 415 g/mol.